The average Bonchev–Trinajstić information content (AvgIpc) is 3.02. The summed E-state index contributed by atoms with van der Waals surface area (Å²) in [5.74, 6) is 0.731. The van der Waals surface area contributed by atoms with Gasteiger partial charge in [-0.05, 0) is 36.4 Å². The maximum atomic E-state index is 6.11. The summed E-state index contributed by atoms with van der Waals surface area (Å²) in [4.78, 5) is 3.91. The SMILES string of the molecule is Clc1cccc(Cl)c1COc1ccc(-n2cncn2)cc1. The Balaban J connectivity index is 1.71. The number of benzene rings is 2. The number of nitrogens with zero attached hydrogens (tertiary/aromatic N) is 3. The number of rotatable bonds is 4. The van der Waals surface area contributed by atoms with E-state index in [2.05, 4.69) is 10.1 Å². The van der Waals surface area contributed by atoms with Crippen molar-refractivity contribution in [3.63, 3.8) is 0 Å². The minimum Gasteiger partial charge on any atom is -0.489 e. The molecular formula is C15H11Cl2N3O. The lowest BCUT2D eigenvalue weighted by molar-refractivity contribution is 0.306. The van der Waals surface area contributed by atoms with Gasteiger partial charge in [-0.15, -0.1) is 0 Å². The first-order valence-corrected chi connectivity index (χ1v) is 7.00. The van der Waals surface area contributed by atoms with Crippen LogP contribution in [0.15, 0.2) is 55.1 Å². The summed E-state index contributed by atoms with van der Waals surface area (Å²) >= 11 is 12.2. The van der Waals surface area contributed by atoms with Crippen LogP contribution in [0.4, 0.5) is 0 Å². The monoisotopic (exact) mass is 319 g/mol. The molecule has 21 heavy (non-hydrogen) atoms. The van der Waals surface area contributed by atoms with Crippen LogP contribution in [0.5, 0.6) is 5.75 Å². The van der Waals surface area contributed by atoms with Crippen molar-refractivity contribution in [1.29, 1.82) is 0 Å². The van der Waals surface area contributed by atoms with Crippen molar-refractivity contribution >= 4 is 23.2 Å². The highest BCUT2D eigenvalue weighted by atomic mass is 35.5. The fraction of sp³-hybridized carbons (Fsp3) is 0.0667. The molecule has 0 aliphatic carbocycles. The molecule has 0 atom stereocenters. The zero-order valence-electron chi connectivity index (χ0n) is 10.9. The second kappa shape index (κ2) is 6.16. The highest BCUT2D eigenvalue weighted by molar-refractivity contribution is 6.35. The first kappa shape index (κ1) is 13.9. The average molecular weight is 320 g/mol. The summed E-state index contributed by atoms with van der Waals surface area (Å²) in [6.07, 6.45) is 3.13. The van der Waals surface area contributed by atoms with Gasteiger partial charge in [0.25, 0.3) is 0 Å². The summed E-state index contributed by atoms with van der Waals surface area (Å²) in [7, 11) is 0. The van der Waals surface area contributed by atoms with Crippen LogP contribution in [-0.2, 0) is 6.61 Å². The molecule has 6 heteroatoms. The third-order valence-electron chi connectivity index (χ3n) is 2.96. The molecule has 0 aliphatic rings. The summed E-state index contributed by atoms with van der Waals surface area (Å²) in [6, 6.07) is 12.9. The maximum absolute atomic E-state index is 6.11. The Morgan fingerprint density at radius 1 is 1.00 bits per heavy atom. The highest BCUT2D eigenvalue weighted by Gasteiger charge is 2.06. The van der Waals surface area contributed by atoms with Gasteiger partial charge in [0, 0.05) is 15.6 Å². The van der Waals surface area contributed by atoms with Gasteiger partial charge in [0.15, 0.2) is 0 Å². The normalized spacial score (nSPS) is 10.6. The van der Waals surface area contributed by atoms with Gasteiger partial charge in [-0.25, -0.2) is 9.67 Å². The Morgan fingerprint density at radius 2 is 1.71 bits per heavy atom. The molecule has 0 aliphatic heterocycles. The lowest BCUT2D eigenvalue weighted by atomic mass is 10.2. The van der Waals surface area contributed by atoms with E-state index in [1.807, 2.05) is 24.3 Å². The Morgan fingerprint density at radius 3 is 2.33 bits per heavy atom. The quantitative estimate of drug-likeness (QED) is 0.725. The molecule has 0 amide bonds. The van der Waals surface area contributed by atoms with Crippen LogP contribution in [0.2, 0.25) is 10.0 Å². The van der Waals surface area contributed by atoms with E-state index in [0.29, 0.717) is 16.7 Å². The largest absolute Gasteiger partial charge is 0.489 e. The Kier molecular flexibility index (Phi) is 4.08. The van der Waals surface area contributed by atoms with Gasteiger partial charge in [-0.2, -0.15) is 5.10 Å². The van der Waals surface area contributed by atoms with E-state index in [1.165, 1.54) is 6.33 Å². The lowest BCUT2D eigenvalue weighted by Crippen LogP contribution is -1.98. The van der Waals surface area contributed by atoms with E-state index in [4.69, 9.17) is 27.9 Å². The predicted octanol–water partition coefficient (Wildman–Crippen LogP) is 4.15. The minimum absolute atomic E-state index is 0.321. The van der Waals surface area contributed by atoms with E-state index in [0.717, 1.165) is 17.0 Å². The number of halogens is 2. The van der Waals surface area contributed by atoms with Crippen molar-refractivity contribution in [2.24, 2.45) is 0 Å². The van der Waals surface area contributed by atoms with Crippen LogP contribution in [0.1, 0.15) is 5.56 Å². The van der Waals surface area contributed by atoms with Crippen molar-refractivity contribution in [1.82, 2.24) is 14.8 Å². The maximum Gasteiger partial charge on any atom is 0.138 e. The van der Waals surface area contributed by atoms with Crippen molar-refractivity contribution in [2.75, 3.05) is 0 Å². The second-order valence-corrected chi connectivity index (χ2v) is 5.14. The van der Waals surface area contributed by atoms with Gasteiger partial charge >= 0.3 is 0 Å². The fourth-order valence-corrected chi connectivity index (χ4v) is 2.37. The molecule has 0 fully saturated rings. The third-order valence-corrected chi connectivity index (χ3v) is 3.67. The molecule has 0 saturated carbocycles. The zero-order valence-corrected chi connectivity index (χ0v) is 12.4. The van der Waals surface area contributed by atoms with E-state index in [-0.39, 0.29) is 0 Å². The van der Waals surface area contributed by atoms with Crippen molar-refractivity contribution < 1.29 is 4.74 Å². The van der Waals surface area contributed by atoms with Crippen LogP contribution >= 0.6 is 23.2 Å². The van der Waals surface area contributed by atoms with E-state index in [9.17, 15) is 0 Å². The molecule has 1 heterocycles. The molecule has 2 aromatic carbocycles. The van der Waals surface area contributed by atoms with Crippen molar-refractivity contribution in [3.8, 4) is 11.4 Å². The van der Waals surface area contributed by atoms with Crippen LogP contribution in [0.3, 0.4) is 0 Å². The zero-order chi connectivity index (χ0) is 14.7. The number of aromatic nitrogens is 3. The van der Waals surface area contributed by atoms with Gasteiger partial charge in [-0.1, -0.05) is 29.3 Å². The number of hydrogen-bond acceptors (Lipinski definition) is 3. The summed E-state index contributed by atoms with van der Waals surface area (Å²) < 4.78 is 7.39. The van der Waals surface area contributed by atoms with Crippen LogP contribution < -0.4 is 4.74 Å². The standard InChI is InChI=1S/C15H11Cl2N3O/c16-14-2-1-3-15(17)13(14)8-21-12-6-4-11(5-7-12)20-10-18-9-19-20/h1-7,9-10H,8H2. The second-order valence-electron chi connectivity index (χ2n) is 4.32. The summed E-state index contributed by atoms with van der Waals surface area (Å²) in [6.45, 7) is 0.321. The van der Waals surface area contributed by atoms with Crippen molar-refractivity contribution in [3.05, 3.63) is 70.7 Å². The third kappa shape index (κ3) is 3.17. The first-order valence-electron chi connectivity index (χ1n) is 6.25. The molecule has 3 rings (SSSR count). The van der Waals surface area contributed by atoms with Gasteiger partial charge in [0.05, 0.1) is 5.69 Å². The van der Waals surface area contributed by atoms with E-state index < -0.39 is 0 Å². The van der Waals surface area contributed by atoms with Gasteiger partial charge in [0.1, 0.15) is 25.0 Å². The van der Waals surface area contributed by atoms with Gasteiger partial charge in [-0.3, -0.25) is 0 Å². The van der Waals surface area contributed by atoms with E-state index in [1.54, 1.807) is 29.2 Å². The van der Waals surface area contributed by atoms with E-state index >= 15 is 0 Å². The topological polar surface area (TPSA) is 39.9 Å². The predicted molar refractivity (Wildman–Crippen MR) is 82.2 cm³/mol. The molecule has 1 aromatic heterocycles. The molecule has 0 unspecified atom stereocenters. The van der Waals surface area contributed by atoms with Gasteiger partial charge in [0.2, 0.25) is 0 Å². The summed E-state index contributed by atoms with van der Waals surface area (Å²) in [5.41, 5.74) is 1.69. The lowest BCUT2D eigenvalue weighted by Gasteiger charge is -2.10. The Hall–Kier alpha value is -2.04. The van der Waals surface area contributed by atoms with Crippen molar-refractivity contribution in [2.45, 2.75) is 6.61 Å². The molecule has 0 radical (unpaired) electrons. The molecule has 4 nitrogen and oxygen atoms in total. The first-order chi connectivity index (χ1) is 10.2. The molecule has 0 bridgehead atoms. The number of hydrogen-bond donors (Lipinski definition) is 0. The Bertz CT molecular complexity index is 707. The van der Waals surface area contributed by atoms with Gasteiger partial charge < -0.3 is 4.74 Å². The van der Waals surface area contributed by atoms with Crippen LogP contribution in [-0.4, -0.2) is 14.8 Å². The molecule has 3 aromatic rings. The smallest absolute Gasteiger partial charge is 0.138 e. The molecular weight excluding hydrogens is 309 g/mol. The fourth-order valence-electron chi connectivity index (χ4n) is 1.86. The number of ether oxygens (including phenoxy) is 1. The molecule has 0 N–H and O–H groups in total. The molecule has 0 saturated heterocycles. The minimum atomic E-state index is 0.321. The summed E-state index contributed by atoms with van der Waals surface area (Å²) in [5, 5.41) is 5.26. The van der Waals surface area contributed by atoms with Crippen LogP contribution in [0.25, 0.3) is 5.69 Å². The molecule has 0 spiro atoms. The van der Waals surface area contributed by atoms with Crippen LogP contribution in [0, 0.1) is 0 Å². The highest BCUT2D eigenvalue weighted by Crippen LogP contribution is 2.26. The molecule has 106 valence electrons. The Labute approximate surface area is 131 Å².